The Morgan fingerprint density at radius 3 is 2.29 bits per heavy atom. The van der Waals surface area contributed by atoms with E-state index in [4.69, 9.17) is 4.74 Å². The molecule has 5 nitrogen and oxygen atoms in total. The van der Waals surface area contributed by atoms with Gasteiger partial charge in [-0.1, -0.05) is 6.92 Å². The van der Waals surface area contributed by atoms with Gasteiger partial charge in [0.1, 0.15) is 12.8 Å². The third kappa shape index (κ3) is 5.50. The Morgan fingerprint density at radius 1 is 1.29 bits per heavy atom. The highest BCUT2D eigenvalue weighted by Crippen LogP contribution is 2.45. The maximum absolute atomic E-state index is 11.5. The molecule has 0 radical (unpaired) electrons. The van der Waals surface area contributed by atoms with Gasteiger partial charge >= 0.3 is 7.60 Å². The fraction of sp³-hybridized carbons (Fsp3) is 0.875. The van der Waals surface area contributed by atoms with E-state index in [1.807, 2.05) is 6.92 Å². The molecular formula is C8H17O5P. The van der Waals surface area contributed by atoms with E-state index in [9.17, 15) is 9.36 Å². The molecule has 0 N–H and O–H groups in total. The van der Waals surface area contributed by atoms with Gasteiger partial charge in [0, 0.05) is 20.8 Å². The number of hydrogen-bond acceptors (Lipinski definition) is 5. The molecular weight excluding hydrogens is 207 g/mol. The number of ether oxygens (including phenoxy) is 1. The Hall–Kier alpha value is -0.220. The van der Waals surface area contributed by atoms with E-state index in [2.05, 4.69) is 9.05 Å². The summed E-state index contributed by atoms with van der Waals surface area (Å²) in [6, 6.07) is 0. The van der Waals surface area contributed by atoms with Crippen LogP contribution in [0.4, 0.5) is 0 Å². The van der Waals surface area contributed by atoms with E-state index in [-0.39, 0.29) is 18.6 Å². The number of ketones is 1. The molecule has 84 valence electrons. The highest BCUT2D eigenvalue weighted by atomic mass is 31.2. The van der Waals surface area contributed by atoms with Crippen molar-refractivity contribution in [2.45, 2.75) is 13.3 Å². The van der Waals surface area contributed by atoms with Gasteiger partial charge in [-0.3, -0.25) is 9.36 Å². The largest absolute Gasteiger partial charge is 0.374 e. The van der Waals surface area contributed by atoms with Gasteiger partial charge in [-0.15, -0.1) is 0 Å². The molecule has 0 aliphatic rings. The van der Waals surface area contributed by atoms with Crippen molar-refractivity contribution in [2.24, 2.45) is 0 Å². The lowest BCUT2D eigenvalue weighted by Gasteiger charge is -2.12. The van der Waals surface area contributed by atoms with Crippen LogP contribution in [-0.2, 0) is 23.1 Å². The normalized spacial score (nSPS) is 11.6. The molecule has 0 heterocycles. The third-order valence-corrected chi connectivity index (χ3v) is 3.39. The Kier molecular flexibility index (Phi) is 7.01. The molecule has 0 aromatic rings. The second-order valence-corrected chi connectivity index (χ2v) is 4.99. The number of Topliss-reactive ketones (excluding diaryl/α,β-unsaturated/α-hetero) is 1. The van der Waals surface area contributed by atoms with Crippen molar-refractivity contribution in [1.82, 2.24) is 0 Å². The number of carbonyl (C=O) groups excluding carboxylic acids is 1. The van der Waals surface area contributed by atoms with Gasteiger partial charge in [-0.2, -0.15) is 0 Å². The molecule has 0 saturated heterocycles. The van der Waals surface area contributed by atoms with Gasteiger partial charge in [0.05, 0.1) is 0 Å². The standard InChI is InChI=1S/C8H17O5P/c1-4-5-13-6-8(9)7-14(10,11-2)12-3/h4-7H2,1-3H3. The smallest absolute Gasteiger partial charge is 0.337 e. The summed E-state index contributed by atoms with van der Waals surface area (Å²) in [5.41, 5.74) is 0. The fourth-order valence-electron chi connectivity index (χ4n) is 0.796. The minimum Gasteiger partial charge on any atom is -0.374 e. The van der Waals surface area contributed by atoms with Crippen LogP contribution < -0.4 is 0 Å². The van der Waals surface area contributed by atoms with Gasteiger partial charge in [0.25, 0.3) is 0 Å². The molecule has 6 heteroatoms. The lowest BCUT2D eigenvalue weighted by atomic mass is 10.5. The van der Waals surface area contributed by atoms with E-state index in [0.717, 1.165) is 6.42 Å². The summed E-state index contributed by atoms with van der Waals surface area (Å²) in [6.07, 6.45) is 0.614. The topological polar surface area (TPSA) is 61.8 Å². The quantitative estimate of drug-likeness (QED) is 0.461. The first kappa shape index (κ1) is 13.8. The Labute approximate surface area is 84.3 Å². The number of rotatable bonds is 8. The molecule has 0 amide bonds. The fourth-order valence-corrected chi connectivity index (χ4v) is 1.73. The first-order valence-corrected chi connectivity index (χ1v) is 6.10. The van der Waals surface area contributed by atoms with E-state index in [0.29, 0.717) is 6.61 Å². The van der Waals surface area contributed by atoms with Crippen LogP contribution in [0.3, 0.4) is 0 Å². The van der Waals surface area contributed by atoms with E-state index < -0.39 is 7.60 Å². The zero-order chi connectivity index (χ0) is 11.0. The molecule has 0 unspecified atom stereocenters. The molecule has 0 saturated carbocycles. The maximum atomic E-state index is 11.5. The van der Waals surface area contributed by atoms with Crippen molar-refractivity contribution in [2.75, 3.05) is 33.6 Å². The molecule has 0 aliphatic heterocycles. The van der Waals surface area contributed by atoms with Crippen LogP contribution in [0.1, 0.15) is 13.3 Å². The van der Waals surface area contributed by atoms with Crippen molar-refractivity contribution in [3.8, 4) is 0 Å². The lowest BCUT2D eigenvalue weighted by Crippen LogP contribution is -2.14. The zero-order valence-electron chi connectivity index (χ0n) is 8.82. The van der Waals surface area contributed by atoms with Crippen LogP contribution in [0.15, 0.2) is 0 Å². The maximum Gasteiger partial charge on any atom is 0.337 e. The predicted octanol–water partition coefficient (Wildman–Crippen LogP) is 1.47. The second kappa shape index (κ2) is 7.12. The first-order chi connectivity index (χ1) is 6.58. The van der Waals surface area contributed by atoms with Crippen LogP contribution in [0, 0.1) is 0 Å². The highest BCUT2D eigenvalue weighted by molar-refractivity contribution is 7.54. The molecule has 0 aromatic carbocycles. The average Bonchev–Trinajstić information content (AvgIpc) is 2.18. The van der Waals surface area contributed by atoms with Crippen LogP contribution in [0.5, 0.6) is 0 Å². The highest BCUT2D eigenvalue weighted by Gasteiger charge is 2.25. The lowest BCUT2D eigenvalue weighted by molar-refractivity contribution is -0.121. The molecule has 14 heavy (non-hydrogen) atoms. The van der Waals surface area contributed by atoms with Crippen molar-refractivity contribution < 1.29 is 23.1 Å². The molecule has 0 spiro atoms. The second-order valence-electron chi connectivity index (χ2n) is 2.73. The van der Waals surface area contributed by atoms with Gasteiger partial charge in [0.15, 0.2) is 5.78 Å². The average molecular weight is 224 g/mol. The molecule has 0 rings (SSSR count). The van der Waals surface area contributed by atoms with Crippen molar-refractivity contribution in [1.29, 1.82) is 0 Å². The summed E-state index contributed by atoms with van der Waals surface area (Å²) in [7, 11) is -0.707. The summed E-state index contributed by atoms with van der Waals surface area (Å²) >= 11 is 0. The van der Waals surface area contributed by atoms with Crippen molar-refractivity contribution in [3.05, 3.63) is 0 Å². The van der Waals surface area contributed by atoms with E-state index in [1.165, 1.54) is 14.2 Å². The summed E-state index contributed by atoms with van der Waals surface area (Å²) in [6.45, 7) is 2.43. The monoisotopic (exact) mass is 224 g/mol. The minimum atomic E-state index is -3.22. The van der Waals surface area contributed by atoms with Crippen LogP contribution >= 0.6 is 7.60 Å². The van der Waals surface area contributed by atoms with Crippen molar-refractivity contribution >= 4 is 13.4 Å². The van der Waals surface area contributed by atoms with E-state index >= 15 is 0 Å². The Morgan fingerprint density at radius 2 is 1.86 bits per heavy atom. The predicted molar refractivity (Wildman–Crippen MR) is 52.6 cm³/mol. The van der Waals surface area contributed by atoms with Gasteiger partial charge in [-0.05, 0) is 6.42 Å². The SMILES string of the molecule is CCCOCC(=O)CP(=O)(OC)OC. The summed E-state index contributed by atoms with van der Waals surface area (Å²) in [4.78, 5) is 11.2. The summed E-state index contributed by atoms with van der Waals surface area (Å²) in [5, 5.41) is 0. The van der Waals surface area contributed by atoms with Gasteiger partial charge in [-0.25, -0.2) is 0 Å². The molecule has 0 bridgehead atoms. The zero-order valence-corrected chi connectivity index (χ0v) is 9.71. The molecule has 0 atom stereocenters. The molecule has 0 aliphatic carbocycles. The minimum absolute atomic E-state index is 0.0372. The van der Waals surface area contributed by atoms with E-state index in [1.54, 1.807) is 0 Å². The Bertz CT molecular complexity index is 208. The van der Waals surface area contributed by atoms with Gasteiger partial charge < -0.3 is 13.8 Å². The molecule has 0 aromatic heterocycles. The summed E-state index contributed by atoms with van der Waals surface area (Å²) in [5.74, 6) is -0.273. The third-order valence-electron chi connectivity index (χ3n) is 1.54. The Balaban J connectivity index is 3.86. The van der Waals surface area contributed by atoms with Crippen molar-refractivity contribution in [3.63, 3.8) is 0 Å². The summed E-state index contributed by atoms with van der Waals surface area (Å²) < 4.78 is 25.7. The first-order valence-electron chi connectivity index (χ1n) is 4.38. The van der Waals surface area contributed by atoms with Crippen LogP contribution in [-0.4, -0.2) is 39.4 Å². The van der Waals surface area contributed by atoms with Crippen LogP contribution in [0.2, 0.25) is 0 Å². The number of hydrogen-bond donors (Lipinski definition) is 0. The molecule has 0 fully saturated rings. The van der Waals surface area contributed by atoms with Gasteiger partial charge in [0.2, 0.25) is 0 Å². The van der Waals surface area contributed by atoms with Crippen LogP contribution in [0.25, 0.3) is 0 Å². The number of carbonyl (C=O) groups is 1.